The molecular weight excluding hydrogens is 390 g/mol. The summed E-state index contributed by atoms with van der Waals surface area (Å²) in [4.78, 5) is 14.8. The van der Waals surface area contributed by atoms with Crippen molar-refractivity contribution in [3.05, 3.63) is 64.1 Å². The third-order valence-electron chi connectivity index (χ3n) is 5.74. The van der Waals surface area contributed by atoms with Crippen molar-refractivity contribution in [2.24, 2.45) is 5.41 Å². The maximum atomic E-state index is 12.8. The Labute approximate surface area is 163 Å². The van der Waals surface area contributed by atoms with Gasteiger partial charge in [-0.3, -0.25) is 4.79 Å². The minimum absolute atomic E-state index is 0.211. The van der Waals surface area contributed by atoms with Gasteiger partial charge in [-0.25, -0.2) is 0 Å². The van der Waals surface area contributed by atoms with E-state index in [0.717, 1.165) is 34.4 Å². The normalized spacial score (nSPS) is 18.0. The molecular formula is C22H24BrNO2. The van der Waals surface area contributed by atoms with Gasteiger partial charge in [-0.05, 0) is 54.9 Å². The molecule has 1 aliphatic carbocycles. The van der Waals surface area contributed by atoms with Crippen LogP contribution in [-0.4, -0.2) is 23.9 Å². The fourth-order valence-corrected chi connectivity index (χ4v) is 4.15. The molecule has 2 fully saturated rings. The lowest BCUT2D eigenvalue weighted by molar-refractivity contribution is -0.132. The summed E-state index contributed by atoms with van der Waals surface area (Å²) in [5.41, 5.74) is 2.67. The van der Waals surface area contributed by atoms with E-state index in [0.29, 0.717) is 18.4 Å². The quantitative estimate of drug-likeness (QED) is 0.691. The maximum Gasteiger partial charge on any atom is 0.227 e. The largest absolute Gasteiger partial charge is 0.489 e. The van der Waals surface area contributed by atoms with E-state index in [9.17, 15) is 4.79 Å². The first-order valence-electron chi connectivity index (χ1n) is 9.37. The second-order valence-corrected chi connectivity index (χ2v) is 8.50. The number of benzene rings is 2. The van der Waals surface area contributed by atoms with E-state index in [4.69, 9.17) is 4.74 Å². The van der Waals surface area contributed by atoms with Crippen LogP contribution in [0.4, 0.5) is 0 Å². The van der Waals surface area contributed by atoms with E-state index in [1.807, 2.05) is 53.4 Å². The highest BCUT2D eigenvalue weighted by Gasteiger charge is 2.45. The van der Waals surface area contributed by atoms with Crippen LogP contribution in [0.2, 0.25) is 0 Å². The molecule has 4 rings (SSSR count). The van der Waals surface area contributed by atoms with Crippen molar-refractivity contribution in [1.82, 2.24) is 4.90 Å². The summed E-state index contributed by atoms with van der Waals surface area (Å²) in [5, 5.41) is 0. The number of rotatable bonds is 5. The molecule has 0 N–H and O–H groups in total. The molecule has 0 bridgehead atoms. The molecule has 0 aromatic heterocycles. The molecule has 1 saturated carbocycles. The minimum Gasteiger partial charge on any atom is -0.489 e. The first kappa shape index (κ1) is 17.6. The molecule has 4 heteroatoms. The van der Waals surface area contributed by atoms with Crippen LogP contribution in [0.5, 0.6) is 5.75 Å². The lowest BCUT2D eigenvalue weighted by atomic mass is 9.93. The van der Waals surface area contributed by atoms with Gasteiger partial charge in [-0.1, -0.05) is 46.3 Å². The molecule has 136 valence electrons. The molecule has 0 unspecified atom stereocenters. The molecule has 1 aliphatic heterocycles. The Kier molecular flexibility index (Phi) is 5.03. The summed E-state index contributed by atoms with van der Waals surface area (Å²) in [6.07, 6.45) is 5.47. The molecule has 2 aromatic carbocycles. The van der Waals surface area contributed by atoms with E-state index < -0.39 is 0 Å². The fourth-order valence-electron chi connectivity index (χ4n) is 3.74. The zero-order valence-electron chi connectivity index (χ0n) is 14.9. The van der Waals surface area contributed by atoms with Gasteiger partial charge in [0, 0.05) is 23.1 Å². The van der Waals surface area contributed by atoms with Gasteiger partial charge in [0.05, 0.1) is 6.42 Å². The van der Waals surface area contributed by atoms with E-state index in [1.54, 1.807) is 0 Å². The third kappa shape index (κ3) is 4.12. The predicted molar refractivity (Wildman–Crippen MR) is 106 cm³/mol. The average Bonchev–Trinajstić information content (AvgIpc) is 3.41. The van der Waals surface area contributed by atoms with Gasteiger partial charge in [-0.2, -0.15) is 0 Å². The number of halogens is 1. The van der Waals surface area contributed by atoms with Crippen LogP contribution in [0, 0.1) is 5.41 Å². The lowest BCUT2D eigenvalue weighted by Gasteiger charge is -2.32. The summed E-state index contributed by atoms with van der Waals surface area (Å²) in [6.45, 7) is 2.33. The summed E-state index contributed by atoms with van der Waals surface area (Å²) in [5.74, 6) is 1.00. The Balaban J connectivity index is 1.41. The molecule has 2 aromatic rings. The topological polar surface area (TPSA) is 29.5 Å². The summed E-state index contributed by atoms with van der Waals surface area (Å²) < 4.78 is 6.99. The Morgan fingerprint density at radius 2 is 1.77 bits per heavy atom. The number of ether oxygens (including phenoxy) is 1. The second kappa shape index (κ2) is 7.43. The number of hydrogen-bond donors (Lipinski definition) is 0. The van der Waals surface area contributed by atoms with Crippen molar-refractivity contribution in [1.29, 1.82) is 0 Å². The van der Waals surface area contributed by atoms with Crippen molar-refractivity contribution in [3.8, 4) is 5.75 Å². The van der Waals surface area contributed by atoms with Gasteiger partial charge in [-0.15, -0.1) is 0 Å². The number of nitrogens with zero attached hydrogens (tertiary/aromatic N) is 1. The van der Waals surface area contributed by atoms with Crippen LogP contribution in [0.3, 0.4) is 0 Å². The number of hydrogen-bond acceptors (Lipinski definition) is 2. The van der Waals surface area contributed by atoms with Crippen molar-refractivity contribution in [3.63, 3.8) is 0 Å². The van der Waals surface area contributed by atoms with Crippen LogP contribution < -0.4 is 4.74 Å². The number of carbonyl (C=O) groups excluding carboxylic acids is 1. The van der Waals surface area contributed by atoms with Crippen LogP contribution in [0.25, 0.3) is 0 Å². The summed E-state index contributed by atoms with van der Waals surface area (Å²) in [7, 11) is 0. The first-order chi connectivity index (χ1) is 12.6. The smallest absolute Gasteiger partial charge is 0.227 e. The van der Waals surface area contributed by atoms with E-state index in [1.165, 1.54) is 25.7 Å². The Bertz CT molecular complexity index is 776. The number of likely N-dealkylation sites (tertiary alicyclic amines) is 1. The Morgan fingerprint density at radius 3 is 2.46 bits per heavy atom. The summed E-state index contributed by atoms with van der Waals surface area (Å²) in [6, 6.07) is 16.0. The highest BCUT2D eigenvalue weighted by atomic mass is 79.9. The summed E-state index contributed by atoms with van der Waals surface area (Å²) >= 11 is 3.52. The Hall–Kier alpha value is -1.81. The molecule has 2 aliphatic rings. The first-order valence-corrected chi connectivity index (χ1v) is 10.2. The second-order valence-electron chi connectivity index (χ2n) is 7.58. The molecule has 1 amide bonds. The van der Waals surface area contributed by atoms with Crippen molar-refractivity contribution in [2.75, 3.05) is 13.1 Å². The molecule has 1 heterocycles. The average molecular weight is 414 g/mol. The zero-order valence-corrected chi connectivity index (χ0v) is 16.5. The van der Waals surface area contributed by atoms with E-state index >= 15 is 0 Å². The van der Waals surface area contributed by atoms with Gasteiger partial charge < -0.3 is 9.64 Å². The monoisotopic (exact) mass is 413 g/mol. The predicted octanol–water partition coefficient (Wildman–Crippen LogP) is 4.97. The third-order valence-corrected chi connectivity index (χ3v) is 6.23. The van der Waals surface area contributed by atoms with E-state index in [2.05, 4.69) is 15.9 Å². The molecule has 1 saturated heterocycles. The maximum absolute atomic E-state index is 12.8. The fraction of sp³-hybridized carbons (Fsp3) is 0.409. The number of piperidine rings is 1. The molecule has 1 spiro atoms. The molecule has 3 nitrogen and oxygen atoms in total. The minimum atomic E-state index is 0.211. The standard InChI is InChI=1S/C22H24BrNO2/c23-19-6-7-20(26-16-17-4-2-1-3-5-17)18(14-19)15-21(25)24-12-10-22(8-9-22)11-13-24/h1-7,14H,8-13,15-16H2. The SMILES string of the molecule is O=C(Cc1cc(Br)ccc1OCc1ccccc1)N1CCC2(CC1)CC2. The van der Waals surface area contributed by atoms with Crippen LogP contribution in [0.1, 0.15) is 36.8 Å². The highest BCUT2D eigenvalue weighted by molar-refractivity contribution is 9.10. The zero-order chi connectivity index (χ0) is 18.0. The van der Waals surface area contributed by atoms with Crippen LogP contribution in [0.15, 0.2) is 53.0 Å². The highest BCUT2D eigenvalue weighted by Crippen LogP contribution is 2.53. The lowest BCUT2D eigenvalue weighted by Crippen LogP contribution is -2.39. The van der Waals surface area contributed by atoms with Crippen LogP contribution in [-0.2, 0) is 17.8 Å². The van der Waals surface area contributed by atoms with Gasteiger partial charge in [0.1, 0.15) is 12.4 Å². The van der Waals surface area contributed by atoms with Gasteiger partial charge >= 0.3 is 0 Å². The van der Waals surface area contributed by atoms with Gasteiger partial charge in [0.25, 0.3) is 0 Å². The van der Waals surface area contributed by atoms with Crippen LogP contribution >= 0.6 is 15.9 Å². The molecule has 0 atom stereocenters. The van der Waals surface area contributed by atoms with Gasteiger partial charge in [0.15, 0.2) is 0 Å². The van der Waals surface area contributed by atoms with Gasteiger partial charge in [0.2, 0.25) is 5.91 Å². The number of carbonyl (C=O) groups is 1. The molecule has 0 radical (unpaired) electrons. The number of amides is 1. The van der Waals surface area contributed by atoms with Crippen molar-refractivity contribution >= 4 is 21.8 Å². The Morgan fingerprint density at radius 1 is 1.04 bits per heavy atom. The van der Waals surface area contributed by atoms with Crippen molar-refractivity contribution in [2.45, 2.75) is 38.7 Å². The molecule has 26 heavy (non-hydrogen) atoms. The van der Waals surface area contributed by atoms with Crippen molar-refractivity contribution < 1.29 is 9.53 Å². The van der Waals surface area contributed by atoms with E-state index in [-0.39, 0.29) is 5.91 Å².